The third-order valence-electron chi connectivity index (χ3n) is 4.69. The highest BCUT2D eigenvalue weighted by Gasteiger charge is 2.34. The number of halogens is 1. The molecule has 1 amide bonds. The van der Waals surface area contributed by atoms with Crippen molar-refractivity contribution in [3.8, 4) is 0 Å². The van der Waals surface area contributed by atoms with Gasteiger partial charge in [-0.05, 0) is 38.1 Å². The van der Waals surface area contributed by atoms with E-state index in [1.54, 1.807) is 18.3 Å². The molecular formula is C18H23FN4O2. The molecule has 25 heavy (non-hydrogen) atoms. The van der Waals surface area contributed by atoms with Crippen molar-refractivity contribution in [3.05, 3.63) is 53.5 Å². The molecule has 1 aromatic heterocycles. The molecular weight excluding hydrogens is 323 g/mol. The van der Waals surface area contributed by atoms with Gasteiger partial charge in [0.05, 0.1) is 12.7 Å². The maximum Gasteiger partial charge on any atom is 0.239 e. The van der Waals surface area contributed by atoms with Crippen LogP contribution in [-0.4, -0.2) is 46.9 Å². The number of hydrogen-bond donors (Lipinski definition) is 1. The number of aromatic nitrogens is 1. The number of likely N-dealkylation sites (N-methyl/N-ethyl adjacent to an activating group) is 1. The third kappa shape index (κ3) is 4.05. The molecule has 0 radical (unpaired) electrons. The van der Waals surface area contributed by atoms with E-state index < -0.39 is 11.9 Å². The second-order valence-corrected chi connectivity index (χ2v) is 6.57. The van der Waals surface area contributed by atoms with E-state index in [1.165, 1.54) is 12.1 Å². The fourth-order valence-corrected chi connectivity index (χ4v) is 3.38. The van der Waals surface area contributed by atoms with E-state index >= 15 is 0 Å². The normalized spacial score (nSPS) is 19.4. The molecule has 1 aliphatic rings. The zero-order chi connectivity index (χ0) is 18.0. The summed E-state index contributed by atoms with van der Waals surface area (Å²) in [5, 5.41) is 0. The minimum absolute atomic E-state index is 0.273. The molecule has 1 saturated heterocycles. The van der Waals surface area contributed by atoms with Crippen molar-refractivity contribution in [2.24, 2.45) is 5.73 Å². The predicted molar refractivity (Wildman–Crippen MR) is 91.0 cm³/mol. The van der Waals surface area contributed by atoms with Gasteiger partial charge in [-0.15, -0.1) is 0 Å². The number of aryl methyl sites for hydroxylation is 1. The van der Waals surface area contributed by atoms with Crippen molar-refractivity contribution in [1.29, 1.82) is 0 Å². The number of benzene rings is 1. The Morgan fingerprint density at radius 2 is 2.20 bits per heavy atom. The Labute approximate surface area is 146 Å². The first kappa shape index (κ1) is 17.6. The van der Waals surface area contributed by atoms with Gasteiger partial charge in [0.15, 0.2) is 0 Å². The molecule has 1 fully saturated rings. The van der Waals surface area contributed by atoms with Crippen LogP contribution in [0.2, 0.25) is 0 Å². The van der Waals surface area contributed by atoms with Crippen molar-refractivity contribution < 1.29 is 13.6 Å². The second-order valence-electron chi connectivity index (χ2n) is 6.57. The summed E-state index contributed by atoms with van der Waals surface area (Å²) in [5.74, 6) is 0.732. The fourth-order valence-electron chi connectivity index (χ4n) is 3.38. The number of oxazole rings is 1. The van der Waals surface area contributed by atoms with Crippen molar-refractivity contribution in [2.75, 3.05) is 20.1 Å². The lowest BCUT2D eigenvalue weighted by Crippen LogP contribution is -2.39. The van der Waals surface area contributed by atoms with Gasteiger partial charge < -0.3 is 10.2 Å². The van der Waals surface area contributed by atoms with Crippen molar-refractivity contribution in [1.82, 2.24) is 14.8 Å². The number of carbonyl (C=O) groups is 1. The highest BCUT2D eigenvalue weighted by Crippen LogP contribution is 2.27. The topological polar surface area (TPSA) is 75.6 Å². The van der Waals surface area contributed by atoms with E-state index in [9.17, 15) is 9.18 Å². The van der Waals surface area contributed by atoms with E-state index in [-0.39, 0.29) is 11.9 Å². The van der Waals surface area contributed by atoms with Crippen LogP contribution in [0.4, 0.5) is 4.39 Å². The molecule has 1 aliphatic heterocycles. The van der Waals surface area contributed by atoms with E-state index in [0.29, 0.717) is 19.0 Å². The zero-order valence-corrected chi connectivity index (χ0v) is 14.5. The van der Waals surface area contributed by atoms with Crippen molar-refractivity contribution >= 4 is 5.91 Å². The highest BCUT2D eigenvalue weighted by molar-refractivity contribution is 5.81. The number of nitrogens with zero attached hydrogens (tertiary/aromatic N) is 3. The zero-order valence-electron chi connectivity index (χ0n) is 14.5. The average Bonchev–Trinajstić information content (AvgIpc) is 3.19. The predicted octanol–water partition coefficient (Wildman–Crippen LogP) is 1.85. The Bertz CT molecular complexity index is 731. The molecule has 2 heterocycles. The Morgan fingerprint density at radius 1 is 1.48 bits per heavy atom. The maximum atomic E-state index is 13.2. The Balaban J connectivity index is 1.67. The number of rotatable bonds is 6. The molecule has 6 nitrogen and oxygen atoms in total. The molecule has 0 spiro atoms. The Morgan fingerprint density at radius 3 is 2.80 bits per heavy atom. The summed E-state index contributed by atoms with van der Waals surface area (Å²) in [6.45, 7) is 3.95. The minimum atomic E-state index is -0.539. The van der Waals surface area contributed by atoms with Gasteiger partial charge in [0, 0.05) is 19.1 Å². The van der Waals surface area contributed by atoms with Gasteiger partial charge in [0.2, 0.25) is 11.8 Å². The van der Waals surface area contributed by atoms with Gasteiger partial charge in [0.25, 0.3) is 0 Å². The van der Waals surface area contributed by atoms with Crippen LogP contribution in [0.5, 0.6) is 0 Å². The summed E-state index contributed by atoms with van der Waals surface area (Å²) in [5.41, 5.74) is 6.34. The van der Waals surface area contributed by atoms with Gasteiger partial charge in [0.1, 0.15) is 17.6 Å². The smallest absolute Gasteiger partial charge is 0.239 e. The molecule has 0 bridgehead atoms. The van der Waals surface area contributed by atoms with Gasteiger partial charge >= 0.3 is 0 Å². The fraction of sp³-hybridized carbons (Fsp3) is 0.444. The van der Waals surface area contributed by atoms with Crippen LogP contribution in [-0.2, 0) is 11.3 Å². The number of nitrogens with two attached hydrogens (primary N) is 1. The van der Waals surface area contributed by atoms with E-state index in [1.807, 2.05) is 14.0 Å². The first-order valence-corrected chi connectivity index (χ1v) is 8.34. The number of primary amides is 1. The van der Waals surface area contributed by atoms with Gasteiger partial charge in [-0.3, -0.25) is 14.6 Å². The average molecular weight is 346 g/mol. The molecule has 2 N–H and O–H groups in total. The Hall–Kier alpha value is -2.25. The molecule has 134 valence electrons. The maximum absolute atomic E-state index is 13.2. The molecule has 1 aromatic carbocycles. The summed E-state index contributed by atoms with van der Waals surface area (Å²) < 4.78 is 18.7. The lowest BCUT2D eigenvalue weighted by atomic mass is 10.1. The van der Waals surface area contributed by atoms with Crippen LogP contribution >= 0.6 is 0 Å². The van der Waals surface area contributed by atoms with Gasteiger partial charge in [-0.25, -0.2) is 9.37 Å². The number of amides is 1. The SMILES string of the molecule is Cc1cnc(CN(C)[C@@H]2CCN([C@@H](C(N)=O)c3ccc(F)cc3)C2)o1. The largest absolute Gasteiger partial charge is 0.445 e. The highest BCUT2D eigenvalue weighted by atomic mass is 19.1. The number of carbonyl (C=O) groups excluding carboxylic acids is 1. The van der Waals surface area contributed by atoms with Crippen LogP contribution in [0.1, 0.15) is 29.7 Å². The quantitative estimate of drug-likeness (QED) is 0.864. The second kappa shape index (κ2) is 7.33. The van der Waals surface area contributed by atoms with Crippen molar-refractivity contribution in [2.45, 2.75) is 32.0 Å². The van der Waals surface area contributed by atoms with Gasteiger partial charge in [-0.1, -0.05) is 12.1 Å². The molecule has 0 saturated carbocycles. The van der Waals surface area contributed by atoms with Crippen LogP contribution < -0.4 is 5.73 Å². The van der Waals surface area contributed by atoms with Gasteiger partial charge in [-0.2, -0.15) is 0 Å². The molecule has 7 heteroatoms. The minimum Gasteiger partial charge on any atom is -0.445 e. The molecule has 3 rings (SSSR count). The van der Waals surface area contributed by atoms with Crippen LogP contribution in [0.15, 0.2) is 34.9 Å². The molecule has 2 atom stereocenters. The van der Waals surface area contributed by atoms with E-state index in [2.05, 4.69) is 14.8 Å². The molecule has 2 aromatic rings. The summed E-state index contributed by atoms with van der Waals surface area (Å²) in [4.78, 5) is 20.5. The summed E-state index contributed by atoms with van der Waals surface area (Å²) >= 11 is 0. The summed E-state index contributed by atoms with van der Waals surface area (Å²) in [6.07, 6.45) is 2.63. The van der Waals surface area contributed by atoms with Crippen LogP contribution in [0.3, 0.4) is 0 Å². The standard InChI is InChI=1S/C18H23FN4O2/c1-12-9-21-16(25-12)11-22(2)15-7-8-23(10-15)17(18(20)24)13-3-5-14(19)6-4-13/h3-6,9,15,17H,7-8,10-11H2,1-2H3,(H2,20,24)/t15-,17-/m1/s1. The lowest BCUT2D eigenvalue weighted by Gasteiger charge is -2.27. The van der Waals surface area contributed by atoms with Crippen LogP contribution in [0, 0.1) is 12.7 Å². The summed E-state index contributed by atoms with van der Waals surface area (Å²) in [6, 6.07) is 5.69. The summed E-state index contributed by atoms with van der Waals surface area (Å²) in [7, 11) is 2.02. The first-order valence-electron chi connectivity index (χ1n) is 8.34. The van der Waals surface area contributed by atoms with Crippen LogP contribution in [0.25, 0.3) is 0 Å². The van der Waals surface area contributed by atoms with E-state index in [0.717, 1.165) is 24.3 Å². The lowest BCUT2D eigenvalue weighted by molar-refractivity contribution is -0.123. The number of hydrogen-bond acceptors (Lipinski definition) is 5. The monoisotopic (exact) mass is 346 g/mol. The van der Waals surface area contributed by atoms with E-state index in [4.69, 9.17) is 10.2 Å². The Kier molecular flexibility index (Phi) is 5.15. The molecule has 0 aliphatic carbocycles. The number of likely N-dealkylation sites (tertiary alicyclic amines) is 1. The molecule has 0 unspecified atom stereocenters. The third-order valence-corrected chi connectivity index (χ3v) is 4.69. The first-order chi connectivity index (χ1) is 11.9. The van der Waals surface area contributed by atoms with Crippen molar-refractivity contribution in [3.63, 3.8) is 0 Å².